The molecule has 2 N–H and O–H groups in total. The van der Waals surface area contributed by atoms with E-state index < -0.39 is 0 Å². The molecule has 0 fully saturated rings. The molecule has 122 valence electrons. The summed E-state index contributed by atoms with van der Waals surface area (Å²) >= 11 is 0. The summed E-state index contributed by atoms with van der Waals surface area (Å²) in [5, 5.41) is 12.8. The molecule has 0 spiro atoms. The molecular formula is C18H22N2O3. The maximum absolute atomic E-state index is 12.2. The number of amides is 1. The Kier molecular flexibility index (Phi) is 5.68. The van der Waals surface area contributed by atoms with Gasteiger partial charge in [-0.25, -0.2) is 0 Å². The Labute approximate surface area is 136 Å². The van der Waals surface area contributed by atoms with Gasteiger partial charge in [0, 0.05) is 32.5 Å². The topological polar surface area (TPSA) is 78.8 Å². The number of rotatable bonds is 5. The highest BCUT2D eigenvalue weighted by molar-refractivity contribution is 6.14. The first-order valence-corrected chi connectivity index (χ1v) is 7.73. The molecule has 0 saturated carbocycles. The third-order valence-corrected chi connectivity index (χ3v) is 3.87. The molecule has 1 aliphatic carbocycles. The van der Waals surface area contributed by atoms with Crippen LogP contribution in [0.5, 0.6) is 0 Å². The van der Waals surface area contributed by atoms with Gasteiger partial charge in [0.05, 0.1) is 12.1 Å². The van der Waals surface area contributed by atoms with Crippen molar-refractivity contribution in [3.63, 3.8) is 0 Å². The Bertz CT molecular complexity index is 645. The molecule has 5 heteroatoms. The number of Topliss-reactive ketones (excluding diaryl/α,β-unsaturated/α-hetero) is 1. The zero-order valence-corrected chi connectivity index (χ0v) is 13.5. The molecule has 0 aromatic heterocycles. The first kappa shape index (κ1) is 16.9. The maximum atomic E-state index is 12.2. The number of carbonyl (C=O) groups excluding carboxylic acids is 2. The lowest BCUT2D eigenvalue weighted by molar-refractivity contribution is -0.119. The zero-order chi connectivity index (χ0) is 16.8. The molecule has 1 atom stereocenters. The molecule has 1 aliphatic rings. The van der Waals surface area contributed by atoms with Crippen LogP contribution in [0.25, 0.3) is 0 Å². The molecule has 0 heterocycles. The monoisotopic (exact) mass is 314 g/mol. The van der Waals surface area contributed by atoms with Crippen LogP contribution in [0, 0.1) is 6.92 Å². The number of allylic oxidation sites excluding steroid dienone is 2. The van der Waals surface area contributed by atoms with Gasteiger partial charge < -0.3 is 10.4 Å². The minimum absolute atomic E-state index is 0.0135. The molecule has 5 nitrogen and oxygen atoms in total. The van der Waals surface area contributed by atoms with Crippen molar-refractivity contribution < 1.29 is 14.7 Å². The van der Waals surface area contributed by atoms with E-state index in [0.717, 1.165) is 5.56 Å². The molecule has 1 aromatic rings. The number of carbonyl (C=O) groups is 2. The number of aliphatic imine (C=N–C) groups is 1. The molecule has 1 amide bonds. The summed E-state index contributed by atoms with van der Waals surface area (Å²) < 4.78 is 0. The number of benzene rings is 1. The quantitative estimate of drug-likeness (QED) is 0.647. The van der Waals surface area contributed by atoms with Crippen LogP contribution in [0.15, 0.2) is 40.6 Å². The average Bonchev–Trinajstić information content (AvgIpc) is 2.49. The molecule has 1 aromatic carbocycles. The van der Waals surface area contributed by atoms with Crippen molar-refractivity contribution in [1.29, 1.82) is 0 Å². The number of aryl methyl sites for hydroxylation is 1. The summed E-state index contributed by atoms with van der Waals surface area (Å²) in [4.78, 5) is 27.1. The summed E-state index contributed by atoms with van der Waals surface area (Å²) in [6.45, 7) is 4.25. The van der Waals surface area contributed by atoms with Crippen LogP contribution >= 0.6 is 0 Å². The lowest BCUT2D eigenvalue weighted by Crippen LogP contribution is -2.23. The van der Waals surface area contributed by atoms with E-state index in [1.165, 1.54) is 18.7 Å². The zero-order valence-electron chi connectivity index (χ0n) is 13.5. The van der Waals surface area contributed by atoms with Crippen LogP contribution in [0.4, 0.5) is 0 Å². The van der Waals surface area contributed by atoms with Crippen molar-refractivity contribution in [2.45, 2.75) is 32.6 Å². The summed E-state index contributed by atoms with van der Waals surface area (Å²) in [6.07, 6.45) is 2.24. The summed E-state index contributed by atoms with van der Waals surface area (Å²) in [5.41, 5.74) is 2.52. The third-order valence-electron chi connectivity index (χ3n) is 3.87. The number of nitrogens with zero attached hydrogens (tertiary/aromatic N) is 1. The minimum atomic E-state index is -0.114. The van der Waals surface area contributed by atoms with E-state index in [-0.39, 0.29) is 28.9 Å². The predicted octanol–water partition coefficient (Wildman–Crippen LogP) is 2.46. The normalized spacial score (nSPS) is 18.5. The highest BCUT2D eigenvalue weighted by Gasteiger charge is 2.27. The van der Waals surface area contributed by atoms with Crippen molar-refractivity contribution >= 4 is 17.9 Å². The highest BCUT2D eigenvalue weighted by atomic mass is 16.3. The summed E-state index contributed by atoms with van der Waals surface area (Å²) in [5.74, 6) is -0.103. The second-order valence-electron chi connectivity index (χ2n) is 5.82. The number of ketones is 1. The van der Waals surface area contributed by atoms with Gasteiger partial charge in [0.25, 0.3) is 0 Å². The highest BCUT2D eigenvalue weighted by Crippen LogP contribution is 2.33. The van der Waals surface area contributed by atoms with Crippen LogP contribution in [-0.2, 0) is 9.59 Å². The third kappa shape index (κ3) is 4.77. The molecule has 0 aliphatic heterocycles. The van der Waals surface area contributed by atoms with E-state index in [2.05, 4.69) is 10.3 Å². The van der Waals surface area contributed by atoms with Gasteiger partial charge in [-0.2, -0.15) is 0 Å². The summed E-state index contributed by atoms with van der Waals surface area (Å²) in [6, 6.07) is 8.04. The van der Waals surface area contributed by atoms with Gasteiger partial charge in [-0.3, -0.25) is 14.6 Å². The largest absolute Gasteiger partial charge is 0.511 e. The Morgan fingerprint density at radius 2 is 2.04 bits per heavy atom. The Balaban J connectivity index is 2.01. The fraction of sp³-hybridized carbons (Fsp3) is 0.389. The average molecular weight is 314 g/mol. The molecule has 0 saturated heterocycles. The van der Waals surface area contributed by atoms with Crippen LogP contribution < -0.4 is 5.32 Å². The first-order valence-electron chi connectivity index (χ1n) is 7.73. The number of nitrogens with one attached hydrogen (secondary N) is 1. The Hall–Kier alpha value is -2.43. The smallest absolute Gasteiger partial charge is 0.216 e. The fourth-order valence-electron chi connectivity index (χ4n) is 2.58. The van der Waals surface area contributed by atoms with E-state index in [1.807, 2.05) is 31.2 Å². The molecule has 2 rings (SSSR count). The van der Waals surface area contributed by atoms with Gasteiger partial charge in [-0.05, 0) is 18.4 Å². The predicted molar refractivity (Wildman–Crippen MR) is 89.9 cm³/mol. The lowest BCUT2D eigenvalue weighted by Gasteiger charge is -2.22. The van der Waals surface area contributed by atoms with Crippen molar-refractivity contribution in [1.82, 2.24) is 5.32 Å². The van der Waals surface area contributed by atoms with Crippen LogP contribution in [0.3, 0.4) is 0 Å². The van der Waals surface area contributed by atoms with E-state index >= 15 is 0 Å². The molecular weight excluding hydrogens is 292 g/mol. The number of hydrogen-bond acceptors (Lipinski definition) is 4. The van der Waals surface area contributed by atoms with E-state index in [0.29, 0.717) is 25.9 Å². The van der Waals surface area contributed by atoms with Gasteiger partial charge in [-0.15, -0.1) is 0 Å². The Morgan fingerprint density at radius 1 is 1.35 bits per heavy atom. The van der Waals surface area contributed by atoms with Crippen molar-refractivity contribution in [2.24, 2.45) is 4.99 Å². The van der Waals surface area contributed by atoms with Crippen molar-refractivity contribution in [3.05, 3.63) is 46.7 Å². The second kappa shape index (κ2) is 7.72. The van der Waals surface area contributed by atoms with Gasteiger partial charge in [-0.1, -0.05) is 29.8 Å². The molecule has 1 unspecified atom stereocenters. The number of aliphatic hydroxyl groups excluding tert-OH is 1. The van der Waals surface area contributed by atoms with Crippen LogP contribution in [0.1, 0.15) is 36.8 Å². The maximum Gasteiger partial charge on any atom is 0.216 e. The van der Waals surface area contributed by atoms with E-state index in [9.17, 15) is 14.7 Å². The molecule has 0 radical (unpaired) electrons. The Morgan fingerprint density at radius 3 is 2.65 bits per heavy atom. The lowest BCUT2D eigenvalue weighted by atomic mass is 9.83. The van der Waals surface area contributed by atoms with Crippen molar-refractivity contribution in [2.75, 3.05) is 13.1 Å². The minimum Gasteiger partial charge on any atom is -0.511 e. The van der Waals surface area contributed by atoms with Crippen molar-refractivity contribution in [3.8, 4) is 0 Å². The number of hydrogen-bond donors (Lipinski definition) is 2. The molecule has 0 bridgehead atoms. The SMILES string of the molecule is CC(=O)NCCN=CC1=C(O)CC(c2ccc(C)cc2)CC1=O. The van der Waals surface area contributed by atoms with Gasteiger partial charge >= 0.3 is 0 Å². The summed E-state index contributed by atoms with van der Waals surface area (Å²) in [7, 11) is 0. The first-order chi connectivity index (χ1) is 11.0. The van der Waals surface area contributed by atoms with E-state index in [1.54, 1.807) is 0 Å². The van der Waals surface area contributed by atoms with Crippen LogP contribution in [-0.4, -0.2) is 36.1 Å². The fourth-order valence-corrected chi connectivity index (χ4v) is 2.58. The second-order valence-corrected chi connectivity index (χ2v) is 5.82. The standard InChI is InChI=1S/C18H22N2O3/c1-12-3-5-14(6-4-12)15-9-17(22)16(18(23)10-15)11-19-7-8-20-13(2)21/h3-6,11,15,22H,7-10H2,1-2H3,(H,20,21). The van der Waals surface area contributed by atoms with E-state index in [4.69, 9.17) is 0 Å². The number of aliphatic hydroxyl groups is 1. The van der Waals surface area contributed by atoms with Crippen LogP contribution in [0.2, 0.25) is 0 Å². The van der Waals surface area contributed by atoms with Gasteiger partial charge in [0.1, 0.15) is 5.76 Å². The van der Waals surface area contributed by atoms with Gasteiger partial charge in [0.15, 0.2) is 5.78 Å². The van der Waals surface area contributed by atoms with Gasteiger partial charge in [0.2, 0.25) is 5.91 Å². The molecule has 23 heavy (non-hydrogen) atoms.